The smallest absolute Gasteiger partial charge is 0.238 e. The number of hydrogen-bond acceptors (Lipinski definition) is 4. The van der Waals surface area contributed by atoms with Crippen LogP contribution in [0.3, 0.4) is 0 Å². The van der Waals surface area contributed by atoms with Crippen molar-refractivity contribution >= 4 is 22.9 Å². The number of carbonyl (C=O) groups is 1. The number of benzene rings is 1. The summed E-state index contributed by atoms with van der Waals surface area (Å²) in [6, 6.07) is 6.98. The normalized spacial score (nSPS) is 17.2. The van der Waals surface area contributed by atoms with Gasteiger partial charge in [-0.2, -0.15) is 0 Å². The SMILES string of the molecule is O=C(CN(Cc1cccs1)C[C@H]1CCCO1)Nc1cc(F)ccc1F. The highest BCUT2D eigenvalue weighted by molar-refractivity contribution is 7.09. The molecule has 1 aliphatic rings. The van der Waals surface area contributed by atoms with Gasteiger partial charge >= 0.3 is 0 Å². The van der Waals surface area contributed by atoms with Gasteiger partial charge in [-0.1, -0.05) is 6.07 Å². The number of anilines is 1. The quantitative estimate of drug-likeness (QED) is 0.813. The van der Waals surface area contributed by atoms with Crippen molar-refractivity contribution in [3.8, 4) is 0 Å². The summed E-state index contributed by atoms with van der Waals surface area (Å²) in [6.45, 7) is 2.10. The second kappa shape index (κ2) is 8.51. The number of amides is 1. The number of halogens is 2. The first kappa shape index (κ1) is 18.0. The highest BCUT2D eigenvalue weighted by Gasteiger charge is 2.21. The Morgan fingerprint density at radius 3 is 2.96 bits per heavy atom. The van der Waals surface area contributed by atoms with Gasteiger partial charge in [-0.05, 0) is 36.4 Å². The lowest BCUT2D eigenvalue weighted by Gasteiger charge is -2.24. The lowest BCUT2D eigenvalue weighted by molar-refractivity contribution is -0.117. The van der Waals surface area contributed by atoms with Gasteiger partial charge in [0.25, 0.3) is 0 Å². The molecule has 0 radical (unpaired) electrons. The average Bonchev–Trinajstić information content (AvgIpc) is 3.25. The molecule has 2 aromatic rings. The lowest BCUT2D eigenvalue weighted by atomic mass is 10.2. The van der Waals surface area contributed by atoms with Gasteiger partial charge in [0, 0.05) is 30.6 Å². The van der Waals surface area contributed by atoms with Crippen LogP contribution >= 0.6 is 11.3 Å². The summed E-state index contributed by atoms with van der Waals surface area (Å²) in [6.07, 6.45) is 2.11. The van der Waals surface area contributed by atoms with Gasteiger partial charge in [-0.3, -0.25) is 9.69 Å². The molecule has 0 aliphatic carbocycles. The summed E-state index contributed by atoms with van der Waals surface area (Å²) in [5.74, 6) is -1.62. The fourth-order valence-corrected chi connectivity index (χ4v) is 3.62. The topological polar surface area (TPSA) is 41.6 Å². The Labute approximate surface area is 149 Å². The molecule has 7 heteroatoms. The number of hydrogen-bond donors (Lipinski definition) is 1. The van der Waals surface area contributed by atoms with Gasteiger partial charge < -0.3 is 10.1 Å². The van der Waals surface area contributed by atoms with Crippen LogP contribution in [0.4, 0.5) is 14.5 Å². The molecule has 1 atom stereocenters. The molecule has 0 unspecified atom stereocenters. The van der Waals surface area contributed by atoms with E-state index in [-0.39, 0.29) is 24.2 Å². The molecule has 1 aromatic carbocycles. The summed E-state index contributed by atoms with van der Waals surface area (Å²) >= 11 is 1.62. The Kier molecular flexibility index (Phi) is 6.12. The minimum atomic E-state index is -0.654. The van der Waals surface area contributed by atoms with E-state index in [1.54, 1.807) is 11.3 Å². The maximum Gasteiger partial charge on any atom is 0.238 e. The average molecular weight is 366 g/mol. The molecule has 0 spiro atoms. The molecule has 2 heterocycles. The number of thiophene rings is 1. The van der Waals surface area contributed by atoms with Crippen LogP contribution in [0.5, 0.6) is 0 Å². The zero-order valence-corrected chi connectivity index (χ0v) is 14.5. The second-order valence-electron chi connectivity index (χ2n) is 6.06. The van der Waals surface area contributed by atoms with E-state index in [9.17, 15) is 13.6 Å². The molecule has 1 amide bonds. The Balaban J connectivity index is 1.63. The van der Waals surface area contributed by atoms with E-state index in [2.05, 4.69) is 5.32 Å². The van der Waals surface area contributed by atoms with Crippen LogP contribution < -0.4 is 5.32 Å². The summed E-state index contributed by atoms with van der Waals surface area (Å²) in [7, 11) is 0. The van der Waals surface area contributed by atoms with E-state index >= 15 is 0 Å². The van der Waals surface area contributed by atoms with Crippen LogP contribution in [0.2, 0.25) is 0 Å². The Bertz CT molecular complexity index is 703. The van der Waals surface area contributed by atoms with Crippen molar-refractivity contribution in [3.05, 3.63) is 52.2 Å². The molecule has 3 rings (SSSR count). The molecule has 1 aromatic heterocycles. The predicted octanol–water partition coefficient (Wildman–Crippen LogP) is 3.65. The molecule has 25 heavy (non-hydrogen) atoms. The minimum absolute atomic E-state index is 0.0910. The van der Waals surface area contributed by atoms with Crippen molar-refractivity contribution in [2.45, 2.75) is 25.5 Å². The van der Waals surface area contributed by atoms with Crippen molar-refractivity contribution < 1.29 is 18.3 Å². The van der Waals surface area contributed by atoms with Crippen LogP contribution in [0, 0.1) is 11.6 Å². The molecular weight excluding hydrogens is 346 g/mol. The highest BCUT2D eigenvalue weighted by atomic mass is 32.1. The highest BCUT2D eigenvalue weighted by Crippen LogP contribution is 2.18. The molecule has 134 valence electrons. The van der Waals surface area contributed by atoms with Crippen LogP contribution in [0.15, 0.2) is 35.7 Å². The number of carbonyl (C=O) groups excluding carboxylic acids is 1. The maximum atomic E-state index is 13.7. The third-order valence-corrected chi connectivity index (χ3v) is 4.88. The third-order valence-electron chi connectivity index (χ3n) is 4.02. The van der Waals surface area contributed by atoms with E-state index in [1.165, 1.54) is 0 Å². The Morgan fingerprint density at radius 1 is 1.36 bits per heavy atom. The summed E-state index contributed by atoms with van der Waals surface area (Å²) in [5, 5.41) is 4.44. The van der Waals surface area contributed by atoms with Gasteiger partial charge in [0.1, 0.15) is 11.6 Å². The first-order valence-corrected chi connectivity index (χ1v) is 9.09. The molecule has 1 N–H and O–H groups in total. The second-order valence-corrected chi connectivity index (χ2v) is 7.09. The Hall–Kier alpha value is -1.83. The lowest BCUT2D eigenvalue weighted by Crippen LogP contribution is -2.37. The van der Waals surface area contributed by atoms with Crippen LogP contribution in [-0.2, 0) is 16.1 Å². The predicted molar refractivity (Wildman–Crippen MR) is 93.6 cm³/mol. The standard InChI is InChI=1S/C18H20F2N2O2S/c19-13-5-6-16(20)17(9-13)21-18(23)12-22(10-14-3-1-7-24-14)11-15-4-2-8-25-15/h2,4-6,8-9,14H,1,3,7,10-12H2,(H,21,23)/t14-/m1/s1. The molecule has 1 fully saturated rings. The van der Waals surface area contributed by atoms with Crippen molar-refractivity contribution in [2.75, 3.05) is 25.0 Å². The summed E-state index contributed by atoms with van der Waals surface area (Å²) < 4.78 is 32.6. The van der Waals surface area contributed by atoms with Crippen LogP contribution in [0.1, 0.15) is 17.7 Å². The molecule has 4 nitrogen and oxygen atoms in total. The Morgan fingerprint density at radius 2 is 2.24 bits per heavy atom. The van der Waals surface area contributed by atoms with E-state index in [0.29, 0.717) is 13.1 Å². The van der Waals surface area contributed by atoms with E-state index in [4.69, 9.17) is 4.74 Å². The molecular formula is C18H20F2N2O2S. The zero-order valence-electron chi connectivity index (χ0n) is 13.7. The maximum absolute atomic E-state index is 13.7. The molecule has 1 aliphatic heterocycles. The largest absolute Gasteiger partial charge is 0.377 e. The van der Waals surface area contributed by atoms with E-state index in [1.807, 2.05) is 22.4 Å². The molecule has 0 bridgehead atoms. The number of nitrogens with zero attached hydrogens (tertiary/aromatic N) is 1. The van der Waals surface area contributed by atoms with Crippen molar-refractivity contribution in [3.63, 3.8) is 0 Å². The van der Waals surface area contributed by atoms with Gasteiger partial charge in [0.15, 0.2) is 0 Å². The molecule has 1 saturated heterocycles. The number of ether oxygens (including phenoxy) is 1. The van der Waals surface area contributed by atoms with Crippen molar-refractivity contribution in [1.29, 1.82) is 0 Å². The van der Waals surface area contributed by atoms with Crippen LogP contribution in [0.25, 0.3) is 0 Å². The fraction of sp³-hybridized carbons (Fsp3) is 0.389. The van der Waals surface area contributed by atoms with Crippen molar-refractivity contribution in [2.24, 2.45) is 0 Å². The van der Waals surface area contributed by atoms with Gasteiger partial charge in [0.05, 0.1) is 18.3 Å². The molecule has 0 saturated carbocycles. The third kappa shape index (κ3) is 5.32. The first-order valence-electron chi connectivity index (χ1n) is 8.21. The summed E-state index contributed by atoms with van der Waals surface area (Å²) in [4.78, 5) is 15.4. The van der Waals surface area contributed by atoms with Gasteiger partial charge in [0.2, 0.25) is 5.91 Å². The zero-order chi connectivity index (χ0) is 17.6. The summed E-state index contributed by atoms with van der Waals surface area (Å²) in [5.41, 5.74) is -0.141. The van der Waals surface area contributed by atoms with Gasteiger partial charge in [-0.15, -0.1) is 11.3 Å². The fourth-order valence-electron chi connectivity index (χ4n) is 2.87. The van der Waals surface area contributed by atoms with E-state index < -0.39 is 11.6 Å². The van der Waals surface area contributed by atoms with Gasteiger partial charge in [-0.25, -0.2) is 8.78 Å². The minimum Gasteiger partial charge on any atom is -0.377 e. The van der Waals surface area contributed by atoms with Crippen LogP contribution in [-0.4, -0.2) is 36.6 Å². The number of rotatable bonds is 7. The first-order chi connectivity index (χ1) is 12.1. The monoisotopic (exact) mass is 366 g/mol. The number of nitrogens with one attached hydrogen (secondary N) is 1. The van der Waals surface area contributed by atoms with E-state index in [0.717, 1.165) is 42.5 Å². The van der Waals surface area contributed by atoms with Crippen molar-refractivity contribution in [1.82, 2.24) is 4.90 Å².